The van der Waals surface area contributed by atoms with E-state index >= 15 is 0 Å². The molecule has 0 saturated carbocycles. The summed E-state index contributed by atoms with van der Waals surface area (Å²) in [6.45, 7) is 0. The Morgan fingerprint density at radius 2 is 2.10 bits per heavy atom. The number of hydrogen-bond acceptors (Lipinski definition) is 2. The maximum atomic E-state index is 10.6. The quantitative estimate of drug-likeness (QED) is 0.340. The number of allylic oxidation sites excluding steroid dienone is 2. The van der Waals surface area contributed by atoms with E-state index in [1.165, 1.54) is 6.08 Å². The number of nitrogens with zero attached hydrogens (tertiary/aromatic N) is 2. The second-order valence-electron chi connectivity index (χ2n) is 1.89. The molecule has 0 aromatic carbocycles. The van der Waals surface area contributed by atoms with Crippen LogP contribution in [0.25, 0.3) is 5.53 Å². The van der Waals surface area contributed by atoms with Crippen molar-refractivity contribution in [2.75, 3.05) is 0 Å². The molecule has 0 amide bonds. The number of hydrogen-bond donors (Lipinski definition) is 0. The van der Waals surface area contributed by atoms with Crippen LogP contribution in [0.5, 0.6) is 0 Å². The van der Waals surface area contributed by atoms with Crippen molar-refractivity contribution in [3.63, 3.8) is 0 Å². The molecule has 10 heavy (non-hydrogen) atoms. The third-order valence-corrected chi connectivity index (χ3v) is 1.17. The van der Waals surface area contributed by atoms with Gasteiger partial charge < -0.3 is 5.53 Å². The molecule has 1 aliphatic carbocycles. The van der Waals surface area contributed by atoms with E-state index in [0.29, 0.717) is 0 Å². The molecule has 0 spiro atoms. The minimum atomic E-state index is -0.401. The van der Waals surface area contributed by atoms with Crippen LogP contribution in [0.4, 0.5) is 0 Å². The molecule has 0 bridgehead atoms. The van der Waals surface area contributed by atoms with Crippen molar-refractivity contribution in [2.45, 2.75) is 6.42 Å². The van der Waals surface area contributed by atoms with Crippen molar-refractivity contribution >= 4 is 17.3 Å². The van der Waals surface area contributed by atoms with E-state index in [1.807, 2.05) is 0 Å². The monoisotopic (exact) mass is 136 g/mol. The molecule has 0 saturated heterocycles. The summed E-state index contributed by atoms with van der Waals surface area (Å²) < 4.78 is 0. The fourth-order valence-corrected chi connectivity index (χ4v) is 0.661. The maximum Gasteiger partial charge on any atom is 0.346 e. The second-order valence-corrected chi connectivity index (χ2v) is 1.89. The molecule has 0 aromatic heterocycles. The van der Waals surface area contributed by atoms with Crippen molar-refractivity contribution < 1.29 is 14.4 Å². The van der Waals surface area contributed by atoms with Gasteiger partial charge in [0.1, 0.15) is 6.42 Å². The molecule has 0 aliphatic heterocycles. The molecule has 0 fully saturated rings. The van der Waals surface area contributed by atoms with Crippen molar-refractivity contribution in [3.05, 3.63) is 17.7 Å². The summed E-state index contributed by atoms with van der Waals surface area (Å²) in [4.78, 5) is 23.9. The highest BCUT2D eigenvalue weighted by Gasteiger charge is 2.24. The van der Waals surface area contributed by atoms with Gasteiger partial charge in [0.2, 0.25) is 0 Å². The van der Waals surface area contributed by atoms with E-state index in [4.69, 9.17) is 5.53 Å². The van der Waals surface area contributed by atoms with Gasteiger partial charge in [0.25, 0.3) is 5.78 Å². The first-order valence-corrected chi connectivity index (χ1v) is 2.70. The fourth-order valence-electron chi connectivity index (χ4n) is 0.661. The van der Waals surface area contributed by atoms with E-state index < -0.39 is 5.78 Å². The molecule has 1 rings (SSSR count). The van der Waals surface area contributed by atoms with Crippen LogP contribution >= 0.6 is 0 Å². The van der Waals surface area contributed by atoms with Crippen molar-refractivity contribution in [1.82, 2.24) is 0 Å². The van der Waals surface area contributed by atoms with Gasteiger partial charge in [-0.05, 0) is 12.2 Å². The first-order chi connectivity index (χ1) is 4.74. The Bertz CT molecular complexity index is 271. The first-order valence-electron chi connectivity index (χ1n) is 2.70. The lowest BCUT2D eigenvalue weighted by Gasteiger charge is -1.93. The van der Waals surface area contributed by atoms with Crippen molar-refractivity contribution in [3.8, 4) is 0 Å². The third kappa shape index (κ3) is 1.06. The van der Waals surface area contributed by atoms with Gasteiger partial charge >= 0.3 is 5.71 Å². The van der Waals surface area contributed by atoms with Gasteiger partial charge in [-0.15, -0.1) is 0 Å². The van der Waals surface area contributed by atoms with Crippen LogP contribution in [0.15, 0.2) is 12.2 Å². The molecule has 0 unspecified atom stereocenters. The smallest absolute Gasteiger partial charge is 0.346 e. The Balaban J connectivity index is 3.03. The SMILES string of the molecule is [N-]=[N+]=C1CC(=O)C=CC1=O. The lowest BCUT2D eigenvalue weighted by molar-refractivity contribution is -0.119. The zero-order valence-corrected chi connectivity index (χ0v) is 5.07. The average molecular weight is 136 g/mol. The van der Waals surface area contributed by atoms with E-state index in [0.717, 1.165) is 6.08 Å². The first kappa shape index (κ1) is 6.58. The van der Waals surface area contributed by atoms with Crippen LogP contribution in [-0.2, 0) is 9.59 Å². The minimum absolute atomic E-state index is 0.0903. The summed E-state index contributed by atoms with van der Waals surface area (Å²) in [5.41, 5.74) is 8.07. The number of ketones is 2. The minimum Gasteiger partial charge on any atom is -0.361 e. The third-order valence-electron chi connectivity index (χ3n) is 1.17. The van der Waals surface area contributed by atoms with Gasteiger partial charge in [0, 0.05) is 0 Å². The zero-order chi connectivity index (χ0) is 7.56. The van der Waals surface area contributed by atoms with Crippen molar-refractivity contribution in [1.29, 1.82) is 0 Å². The van der Waals surface area contributed by atoms with Crippen LogP contribution in [0, 0.1) is 0 Å². The summed E-state index contributed by atoms with van der Waals surface area (Å²) in [7, 11) is 0. The molecule has 0 heterocycles. The Hall–Kier alpha value is -1.54. The van der Waals surface area contributed by atoms with Crippen LogP contribution in [0.2, 0.25) is 0 Å². The molecular formula is C6H4N2O2. The standard InChI is InChI=1S/C6H4N2O2/c7-8-5-3-4(9)1-2-6(5)10/h1-2H,3H2. The van der Waals surface area contributed by atoms with Crippen LogP contribution in [-0.4, -0.2) is 22.1 Å². The molecule has 1 aliphatic rings. The van der Waals surface area contributed by atoms with Crippen LogP contribution < -0.4 is 0 Å². The summed E-state index contributed by atoms with van der Waals surface area (Å²) in [6.07, 6.45) is 2.18. The van der Waals surface area contributed by atoms with Crippen molar-refractivity contribution in [2.24, 2.45) is 0 Å². The van der Waals surface area contributed by atoms with Gasteiger partial charge in [0.05, 0.1) is 0 Å². The molecule has 0 radical (unpaired) electrons. The van der Waals surface area contributed by atoms with Gasteiger partial charge in [-0.25, -0.2) is 0 Å². The van der Waals surface area contributed by atoms with E-state index in [2.05, 4.69) is 4.79 Å². The molecule has 0 N–H and O–H groups in total. The predicted molar refractivity (Wildman–Crippen MR) is 32.4 cm³/mol. The Morgan fingerprint density at radius 1 is 1.40 bits per heavy atom. The van der Waals surface area contributed by atoms with Gasteiger partial charge in [-0.3, -0.25) is 9.59 Å². The average Bonchev–Trinajstić information content (AvgIpc) is 1.94. The fraction of sp³-hybridized carbons (Fsp3) is 0.167. The summed E-state index contributed by atoms with van der Waals surface area (Å²) in [5.74, 6) is -0.616. The normalized spacial score (nSPS) is 17.4. The maximum absolute atomic E-state index is 10.6. The number of rotatable bonds is 0. The zero-order valence-electron chi connectivity index (χ0n) is 5.07. The molecule has 0 atom stereocenters. The molecule has 50 valence electrons. The molecular weight excluding hydrogens is 132 g/mol. The highest BCUT2D eigenvalue weighted by atomic mass is 16.1. The van der Waals surface area contributed by atoms with Gasteiger partial charge in [0.15, 0.2) is 5.78 Å². The van der Waals surface area contributed by atoms with E-state index in [9.17, 15) is 9.59 Å². The van der Waals surface area contributed by atoms with Crippen LogP contribution in [0.1, 0.15) is 6.42 Å². The van der Waals surface area contributed by atoms with E-state index in [-0.39, 0.29) is 17.9 Å². The Kier molecular flexibility index (Phi) is 1.56. The predicted octanol–water partition coefficient (Wildman–Crippen LogP) is -0.245. The lowest BCUT2D eigenvalue weighted by Crippen LogP contribution is -2.20. The van der Waals surface area contributed by atoms with Gasteiger partial charge in [-0.1, -0.05) is 0 Å². The summed E-state index contributed by atoms with van der Waals surface area (Å²) in [5, 5.41) is 0. The van der Waals surface area contributed by atoms with Crippen LogP contribution in [0.3, 0.4) is 0 Å². The molecule has 4 heteroatoms. The summed E-state index contributed by atoms with van der Waals surface area (Å²) >= 11 is 0. The lowest BCUT2D eigenvalue weighted by atomic mass is 10.0. The number of carbonyl (C=O) groups excluding carboxylic acids is 2. The summed E-state index contributed by atoms with van der Waals surface area (Å²) in [6, 6.07) is 0. The second kappa shape index (κ2) is 2.37. The number of carbonyl (C=O) groups is 2. The molecule has 0 aromatic rings. The highest BCUT2D eigenvalue weighted by Crippen LogP contribution is 1.97. The topological polar surface area (TPSA) is 70.5 Å². The van der Waals surface area contributed by atoms with E-state index in [1.54, 1.807) is 0 Å². The highest BCUT2D eigenvalue weighted by molar-refractivity contribution is 6.47. The Labute approximate surface area is 56.8 Å². The Morgan fingerprint density at radius 3 is 2.60 bits per heavy atom. The van der Waals surface area contributed by atoms with Gasteiger partial charge in [-0.2, -0.15) is 4.79 Å². The molecule has 4 nitrogen and oxygen atoms in total. The largest absolute Gasteiger partial charge is 0.361 e.